The smallest absolute Gasteiger partial charge is 0.224 e. The zero-order valence-electron chi connectivity index (χ0n) is 11.6. The fraction of sp³-hybridized carbons (Fsp3) is 0.533. The van der Waals surface area contributed by atoms with E-state index in [1.54, 1.807) is 0 Å². The highest BCUT2D eigenvalue weighted by atomic mass is 35.5. The molecule has 1 amide bonds. The number of halogens is 1. The van der Waals surface area contributed by atoms with Crippen molar-refractivity contribution in [3.63, 3.8) is 0 Å². The Morgan fingerprint density at radius 3 is 2.68 bits per heavy atom. The normalized spacial score (nSPS) is 22.1. The second-order valence-corrected chi connectivity index (χ2v) is 4.99. The summed E-state index contributed by atoms with van der Waals surface area (Å²) in [5, 5.41) is 3.03. The first-order chi connectivity index (χ1) is 8.74. The lowest BCUT2D eigenvalue weighted by atomic mass is 9.93. The first-order valence-corrected chi connectivity index (χ1v) is 6.73. The third-order valence-electron chi connectivity index (χ3n) is 3.89. The Kier molecular flexibility index (Phi) is 6.32. The number of nitrogens with one attached hydrogen (secondary N) is 1. The van der Waals surface area contributed by atoms with Crippen LogP contribution in [0.25, 0.3) is 0 Å². The maximum atomic E-state index is 12.1. The number of likely N-dealkylation sites (tertiary alicyclic amines) is 1. The highest BCUT2D eigenvalue weighted by Crippen LogP contribution is 2.33. The lowest BCUT2D eigenvalue weighted by Gasteiger charge is -2.25. The number of hydrogen-bond donors (Lipinski definition) is 1. The van der Waals surface area contributed by atoms with Gasteiger partial charge in [0.1, 0.15) is 0 Å². The second-order valence-electron chi connectivity index (χ2n) is 4.99. The second kappa shape index (κ2) is 7.51. The van der Waals surface area contributed by atoms with Gasteiger partial charge in [-0.2, -0.15) is 0 Å². The minimum atomic E-state index is 0. The van der Waals surface area contributed by atoms with E-state index < -0.39 is 0 Å². The Bertz CT molecular complexity index is 396. The van der Waals surface area contributed by atoms with Crippen LogP contribution in [-0.4, -0.2) is 37.0 Å². The average Bonchev–Trinajstić information content (AvgIpc) is 2.79. The minimum Gasteiger partial charge on any atom is -0.339 e. The molecule has 19 heavy (non-hydrogen) atoms. The van der Waals surface area contributed by atoms with E-state index in [9.17, 15) is 4.79 Å². The van der Waals surface area contributed by atoms with Crippen LogP contribution in [0.4, 0.5) is 0 Å². The van der Waals surface area contributed by atoms with E-state index in [1.807, 2.05) is 18.0 Å². The summed E-state index contributed by atoms with van der Waals surface area (Å²) in [6.45, 7) is 3.82. The minimum absolute atomic E-state index is 0. The van der Waals surface area contributed by atoms with E-state index in [0.717, 1.165) is 19.5 Å². The standard InChI is InChI=1S/C15H22N2O.ClH/c1-12-14(13-6-4-3-5-7-13)9-11-17(12)15(18)8-10-16-2;/h3-7,12,14,16H,8-11H2,1-2H3;1H. The molecule has 0 radical (unpaired) electrons. The molecular formula is C15H23ClN2O. The maximum Gasteiger partial charge on any atom is 0.224 e. The number of benzene rings is 1. The fourth-order valence-corrected chi connectivity index (χ4v) is 2.81. The molecule has 1 fully saturated rings. The van der Waals surface area contributed by atoms with Crippen molar-refractivity contribution in [3.8, 4) is 0 Å². The Labute approximate surface area is 121 Å². The van der Waals surface area contributed by atoms with Gasteiger partial charge >= 0.3 is 0 Å². The van der Waals surface area contributed by atoms with Crippen LogP contribution in [0.3, 0.4) is 0 Å². The summed E-state index contributed by atoms with van der Waals surface area (Å²) >= 11 is 0. The molecule has 106 valence electrons. The van der Waals surface area contributed by atoms with Gasteiger partial charge in [0.25, 0.3) is 0 Å². The van der Waals surface area contributed by atoms with Crippen molar-refractivity contribution in [2.75, 3.05) is 20.1 Å². The lowest BCUT2D eigenvalue weighted by Crippen LogP contribution is -2.36. The number of hydrogen-bond acceptors (Lipinski definition) is 2. The van der Waals surface area contributed by atoms with E-state index in [0.29, 0.717) is 18.4 Å². The van der Waals surface area contributed by atoms with E-state index in [-0.39, 0.29) is 18.3 Å². The topological polar surface area (TPSA) is 32.3 Å². The predicted molar refractivity (Wildman–Crippen MR) is 80.8 cm³/mol. The van der Waals surface area contributed by atoms with Gasteiger partial charge in [-0.05, 0) is 26.0 Å². The molecule has 2 atom stereocenters. The molecule has 1 saturated heterocycles. The quantitative estimate of drug-likeness (QED) is 0.920. The number of nitrogens with zero attached hydrogens (tertiary/aromatic N) is 1. The van der Waals surface area contributed by atoms with Gasteiger partial charge in [-0.25, -0.2) is 0 Å². The molecule has 1 N–H and O–H groups in total. The molecule has 4 heteroatoms. The van der Waals surface area contributed by atoms with Gasteiger partial charge in [0.15, 0.2) is 0 Å². The van der Waals surface area contributed by atoms with E-state index in [2.05, 4.69) is 36.5 Å². The predicted octanol–water partition coefficient (Wildman–Crippen LogP) is 2.42. The van der Waals surface area contributed by atoms with Crippen molar-refractivity contribution in [2.24, 2.45) is 0 Å². The van der Waals surface area contributed by atoms with Gasteiger partial charge in [0.2, 0.25) is 5.91 Å². The Balaban J connectivity index is 0.00000180. The molecule has 1 aliphatic heterocycles. The zero-order valence-corrected chi connectivity index (χ0v) is 12.5. The summed E-state index contributed by atoms with van der Waals surface area (Å²) in [5.74, 6) is 0.764. The molecule has 0 saturated carbocycles. The summed E-state index contributed by atoms with van der Waals surface area (Å²) in [6.07, 6.45) is 1.68. The summed E-state index contributed by atoms with van der Waals surface area (Å²) < 4.78 is 0. The summed E-state index contributed by atoms with van der Waals surface area (Å²) in [7, 11) is 1.88. The molecule has 2 rings (SSSR count). The largest absolute Gasteiger partial charge is 0.339 e. The first kappa shape index (κ1) is 16.0. The van der Waals surface area contributed by atoms with Crippen molar-refractivity contribution in [3.05, 3.63) is 35.9 Å². The van der Waals surface area contributed by atoms with Crippen LogP contribution >= 0.6 is 12.4 Å². The van der Waals surface area contributed by atoms with Gasteiger partial charge in [0.05, 0.1) is 0 Å². The fourth-order valence-electron chi connectivity index (χ4n) is 2.81. The highest BCUT2D eigenvalue weighted by molar-refractivity contribution is 5.85. The van der Waals surface area contributed by atoms with E-state index in [4.69, 9.17) is 0 Å². The maximum absolute atomic E-state index is 12.1. The molecule has 0 aromatic heterocycles. The van der Waals surface area contributed by atoms with Crippen LogP contribution in [0.1, 0.15) is 31.2 Å². The van der Waals surface area contributed by atoms with Crippen LogP contribution < -0.4 is 5.32 Å². The van der Waals surface area contributed by atoms with Crippen LogP contribution in [0.2, 0.25) is 0 Å². The van der Waals surface area contributed by atoms with E-state index >= 15 is 0 Å². The highest BCUT2D eigenvalue weighted by Gasteiger charge is 2.33. The Hall–Kier alpha value is -1.06. The van der Waals surface area contributed by atoms with Crippen molar-refractivity contribution >= 4 is 18.3 Å². The zero-order chi connectivity index (χ0) is 13.0. The van der Waals surface area contributed by atoms with Crippen molar-refractivity contribution in [2.45, 2.75) is 31.7 Å². The van der Waals surface area contributed by atoms with Crippen LogP contribution in [0, 0.1) is 0 Å². The van der Waals surface area contributed by atoms with Gasteiger partial charge in [-0.3, -0.25) is 4.79 Å². The molecule has 1 aliphatic rings. The first-order valence-electron chi connectivity index (χ1n) is 6.73. The number of carbonyl (C=O) groups excluding carboxylic acids is 1. The summed E-state index contributed by atoms with van der Waals surface area (Å²) in [4.78, 5) is 14.1. The van der Waals surface area contributed by atoms with Crippen molar-refractivity contribution in [1.29, 1.82) is 0 Å². The molecule has 1 aromatic rings. The number of rotatable bonds is 4. The molecule has 1 heterocycles. The molecule has 1 aromatic carbocycles. The van der Waals surface area contributed by atoms with Crippen LogP contribution in [0.5, 0.6) is 0 Å². The Morgan fingerprint density at radius 2 is 2.05 bits per heavy atom. The lowest BCUT2D eigenvalue weighted by molar-refractivity contribution is -0.131. The molecule has 3 nitrogen and oxygen atoms in total. The van der Waals surface area contributed by atoms with Crippen LogP contribution in [0.15, 0.2) is 30.3 Å². The van der Waals surface area contributed by atoms with Gasteiger partial charge < -0.3 is 10.2 Å². The van der Waals surface area contributed by atoms with E-state index in [1.165, 1.54) is 5.56 Å². The number of carbonyl (C=O) groups is 1. The third kappa shape index (κ3) is 3.71. The van der Waals surface area contributed by atoms with Gasteiger partial charge in [-0.1, -0.05) is 30.3 Å². The molecule has 0 bridgehead atoms. The number of amides is 1. The SMILES string of the molecule is CNCCC(=O)N1CCC(c2ccccc2)C1C.Cl. The monoisotopic (exact) mass is 282 g/mol. The van der Waals surface area contributed by atoms with Gasteiger partial charge in [-0.15, -0.1) is 12.4 Å². The van der Waals surface area contributed by atoms with Crippen molar-refractivity contribution in [1.82, 2.24) is 10.2 Å². The molecular weight excluding hydrogens is 260 g/mol. The third-order valence-corrected chi connectivity index (χ3v) is 3.89. The van der Waals surface area contributed by atoms with Gasteiger partial charge in [0, 0.05) is 31.5 Å². The average molecular weight is 283 g/mol. The summed E-state index contributed by atoms with van der Waals surface area (Å²) in [6, 6.07) is 10.8. The molecule has 2 unspecified atom stereocenters. The Morgan fingerprint density at radius 1 is 1.37 bits per heavy atom. The van der Waals surface area contributed by atoms with Crippen molar-refractivity contribution < 1.29 is 4.79 Å². The summed E-state index contributed by atoms with van der Waals surface area (Å²) in [5.41, 5.74) is 1.36. The molecule has 0 aliphatic carbocycles. The van der Waals surface area contributed by atoms with Crippen LogP contribution in [-0.2, 0) is 4.79 Å². The molecule has 0 spiro atoms.